The molecule has 0 bridgehead atoms. The van der Waals surface area contributed by atoms with Crippen LogP contribution in [0, 0.1) is 6.92 Å². The maximum Gasteiger partial charge on any atom is 0.134 e. The quantitative estimate of drug-likeness (QED) is 0.394. The lowest BCUT2D eigenvalue weighted by Crippen LogP contribution is -2.48. The zero-order chi connectivity index (χ0) is 20.9. The zero-order valence-corrected chi connectivity index (χ0v) is 16.8. The van der Waals surface area contributed by atoms with Gasteiger partial charge in [-0.25, -0.2) is 4.84 Å². The summed E-state index contributed by atoms with van der Waals surface area (Å²) in [5, 5.41) is 29.3. The van der Waals surface area contributed by atoms with Crippen LogP contribution in [0.1, 0.15) is 23.8 Å². The van der Waals surface area contributed by atoms with Gasteiger partial charge < -0.3 is 24.5 Å². The highest BCUT2D eigenvalue weighted by molar-refractivity contribution is 6.13. The number of hydrogen-bond donors (Lipinski definition) is 4. The highest BCUT2D eigenvalue weighted by atomic mass is 35.5. The van der Waals surface area contributed by atoms with Crippen LogP contribution in [0.3, 0.4) is 0 Å². The minimum absolute atomic E-state index is 0.0530. The standard InChI is InChI=1S/C22H24ClNO5/c1-15-2-11-21(28-15)17-5-9-19(10-6-17)29-18-7-3-16(4-8-18)20(27)12-22(13-25,14-26)24-23/h2-11,20,24-27H,12-14H2,1H3. The Labute approximate surface area is 174 Å². The lowest BCUT2D eigenvalue weighted by molar-refractivity contribution is 0.0526. The smallest absolute Gasteiger partial charge is 0.134 e. The topological polar surface area (TPSA) is 95.1 Å². The number of furan rings is 1. The Kier molecular flexibility index (Phi) is 6.95. The summed E-state index contributed by atoms with van der Waals surface area (Å²) in [7, 11) is 0. The average Bonchev–Trinajstić information content (AvgIpc) is 3.19. The summed E-state index contributed by atoms with van der Waals surface area (Å²) < 4.78 is 11.5. The number of rotatable bonds is 9. The van der Waals surface area contributed by atoms with Crippen molar-refractivity contribution < 1.29 is 24.5 Å². The third-order valence-corrected chi connectivity index (χ3v) is 5.17. The maximum absolute atomic E-state index is 10.4. The molecule has 3 aromatic rings. The van der Waals surface area contributed by atoms with Gasteiger partial charge in [0.05, 0.1) is 24.9 Å². The van der Waals surface area contributed by atoms with Crippen molar-refractivity contribution in [3.05, 3.63) is 72.0 Å². The number of aliphatic hydroxyl groups excluding tert-OH is 3. The Morgan fingerprint density at radius 1 is 0.966 bits per heavy atom. The minimum Gasteiger partial charge on any atom is -0.461 e. The van der Waals surface area contributed by atoms with Crippen molar-refractivity contribution in [2.24, 2.45) is 0 Å². The van der Waals surface area contributed by atoms with Gasteiger partial charge in [0.1, 0.15) is 23.0 Å². The molecular weight excluding hydrogens is 394 g/mol. The molecule has 0 radical (unpaired) electrons. The number of aryl methyl sites for hydroxylation is 1. The summed E-state index contributed by atoms with van der Waals surface area (Å²) in [5.74, 6) is 2.96. The molecule has 3 rings (SSSR count). The van der Waals surface area contributed by atoms with E-state index in [1.165, 1.54) is 0 Å². The normalized spacial score (nSPS) is 12.7. The highest BCUT2D eigenvalue weighted by Gasteiger charge is 2.31. The van der Waals surface area contributed by atoms with Crippen LogP contribution >= 0.6 is 11.8 Å². The molecule has 0 amide bonds. The molecule has 1 heterocycles. The highest BCUT2D eigenvalue weighted by Crippen LogP contribution is 2.29. The summed E-state index contributed by atoms with van der Waals surface area (Å²) in [5.41, 5.74) is 0.428. The average molecular weight is 418 g/mol. The van der Waals surface area contributed by atoms with Crippen molar-refractivity contribution in [3.63, 3.8) is 0 Å². The fraction of sp³-hybridized carbons (Fsp3) is 0.273. The lowest BCUT2D eigenvalue weighted by Gasteiger charge is -2.30. The van der Waals surface area contributed by atoms with Gasteiger partial charge in [-0.1, -0.05) is 12.1 Å². The van der Waals surface area contributed by atoms with E-state index in [0.29, 0.717) is 17.1 Å². The molecule has 4 N–H and O–H groups in total. The van der Waals surface area contributed by atoms with Crippen LogP contribution in [0.2, 0.25) is 0 Å². The van der Waals surface area contributed by atoms with E-state index in [4.69, 9.17) is 20.9 Å². The molecular formula is C22H24ClNO5. The minimum atomic E-state index is -1.16. The molecule has 0 saturated heterocycles. The fourth-order valence-corrected chi connectivity index (χ4v) is 3.13. The lowest BCUT2D eigenvalue weighted by atomic mass is 9.92. The summed E-state index contributed by atoms with van der Waals surface area (Å²) in [6, 6.07) is 18.4. The van der Waals surface area contributed by atoms with Gasteiger partial charge in [0.15, 0.2) is 0 Å². The second-order valence-electron chi connectivity index (χ2n) is 7.02. The molecule has 6 nitrogen and oxygen atoms in total. The van der Waals surface area contributed by atoms with Crippen LogP contribution in [-0.2, 0) is 0 Å². The van der Waals surface area contributed by atoms with E-state index < -0.39 is 24.9 Å². The number of aliphatic hydroxyl groups is 3. The van der Waals surface area contributed by atoms with Crippen LogP contribution < -0.4 is 9.57 Å². The Morgan fingerprint density at radius 3 is 2.03 bits per heavy atom. The summed E-state index contributed by atoms with van der Waals surface area (Å²) in [6.45, 7) is 1.10. The SMILES string of the molecule is Cc1ccc(-c2ccc(Oc3ccc(C(O)CC(CO)(CO)NCl)cc3)cc2)o1. The molecule has 1 atom stereocenters. The zero-order valence-electron chi connectivity index (χ0n) is 16.0. The number of hydrogen-bond acceptors (Lipinski definition) is 6. The van der Waals surface area contributed by atoms with E-state index in [9.17, 15) is 15.3 Å². The molecule has 0 saturated carbocycles. The van der Waals surface area contributed by atoms with Crippen LogP contribution in [0.4, 0.5) is 0 Å². The van der Waals surface area contributed by atoms with Crippen molar-refractivity contribution in [3.8, 4) is 22.8 Å². The van der Waals surface area contributed by atoms with Gasteiger partial charge in [-0.2, -0.15) is 0 Å². The second-order valence-corrected chi connectivity index (χ2v) is 7.21. The van der Waals surface area contributed by atoms with Gasteiger partial charge in [0.25, 0.3) is 0 Å². The molecule has 154 valence electrons. The van der Waals surface area contributed by atoms with Gasteiger partial charge in [0, 0.05) is 12.0 Å². The van der Waals surface area contributed by atoms with Crippen molar-refractivity contribution in [2.45, 2.75) is 25.0 Å². The molecule has 29 heavy (non-hydrogen) atoms. The molecule has 0 aliphatic rings. The van der Waals surface area contributed by atoms with Crippen molar-refractivity contribution in [2.75, 3.05) is 13.2 Å². The first-order valence-corrected chi connectivity index (χ1v) is 9.59. The fourth-order valence-electron chi connectivity index (χ4n) is 2.94. The molecule has 1 aromatic heterocycles. The van der Waals surface area contributed by atoms with Crippen LogP contribution in [0.15, 0.2) is 65.1 Å². The van der Waals surface area contributed by atoms with E-state index in [2.05, 4.69) is 4.84 Å². The van der Waals surface area contributed by atoms with Crippen molar-refractivity contribution >= 4 is 11.8 Å². The Hall–Kier alpha value is -2.35. The van der Waals surface area contributed by atoms with E-state index in [-0.39, 0.29) is 6.42 Å². The predicted molar refractivity (Wildman–Crippen MR) is 111 cm³/mol. The van der Waals surface area contributed by atoms with Crippen LogP contribution in [-0.4, -0.2) is 34.1 Å². The first kappa shape index (κ1) is 21.4. The summed E-state index contributed by atoms with van der Waals surface area (Å²) >= 11 is 5.62. The van der Waals surface area contributed by atoms with Gasteiger partial charge in [0.2, 0.25) is 0 Å². The van der Waals surface area contributed by atoms with Gasteiger partial charge in [-0.15, -0.1) is 0 Å². The Balaban J connectivity index is 1.64. The van der Waals surface area contributed by atoms with E-state index in [0.717, 1.165) is 17.1 Å². The van der Waals surface area contributed by atoms with Gasteiger partial charge in [-0.05, 0) is 72.8 Å². The van der Waals surface area contributed by atoms with E-state index in [1.807, 2.05) is 43.3 Å². The molecule has 2 aromatic carbocycles. The number of ether oxygens (including phenoxy) is 1. The Bertz CT molecular complexity index is 895. The number of halogens is 1. The van der Waals surface area contributed by atoms with Gasteiger partial charge in [-0.3, -0.25) is 0 Å². The van der Waals surface area contributed by atoms with Gasteiger partial charge >= 0.3 is 0 Å². The second kappa shape index (κ2) is 9.43. The largest absolute Gasteiger partial charge is 0.461 e. The first-order valence-electron chi connectivity index (χ1n) is 9.21. The third-order valence-electron chi connectivity index (χ3n) is 4.77. The molecule has 0 fully saturated rings. The molecule has 0 aliphatic heterocycles. The maximum atomic E-state index is 10.4. The first-order chi connectivity index (χ1) is 14.0. The molecule has 7 heteroatoms. The van der Waals surface area contributed by atoms with Crippen molar-refractivity contribution in [1.82, 2.24) is 4.84 Å². The number of benzene rings is 2. The molecule has 0 aliphatic carbocycles. The number of nitrogens with one attached hydrogen (secondary N) is 1. The van der Waals surface area contributed by atoms with Crippen LogP contribution in [0.25, 0.3) is 11.3 Å². The predicted octanol–water partition coefficient (Wildman–Crippen LogP) is 3.94. The third kappa shape index (κ3) is 5.18. The van der Waals surface area contributed by atoms with E-state index >= 15 is 0 Å². The Morgan fingerprint density at radius 2 is 1.55 bits per heavy atom. The molecule has 0 spiro atoms. The monoisotopic (exact) mass is 417 g/mol. The molecule has 1 unspecified atom stereocenters. The summed E-state index contributed by atoms with van der Waals surface area (Å²) in [6.07, 6.45) is -0.858. The van der Waals surface area contributed by atoms with Crippen LogP contribution in [0.5, 0.6) is 11.5 Å². The summed E-state index contributed by atoms with van der Waals surface area (Å²) in [4.78, 5) is 2.36. The van der Waals surface area contributed by atoms with Crippen molar-refractivity contribution in [1.29, 1.82) is 0 Å². The van der Waals surface area contributed by atoms with E-state index in [1.54, 1.807) is 24.3 Å².